The summed E-state index contributed by atoms with van der Waals surface area (Å²) in [6.07, 6.45) is 3.79. The van der Waals surface area contributed by atoms with E-state index in [2.05, 4.69) is 9.97 Å². The number of nitrogens with zero attached hydrogens (tertiary/aromatic N) is 2. The van der Waals surface area contributed by atoms with E-state index in [1.807, 2.05) is 38.1 Å². The molecule has 4 heteroatoms. The Labute approximate surface area is 113 Å². The summed E-state index contributed by atoms with van der Waals surface area (Å²) >= 11 is 0. The van der Waals surface area contributed by atoms with E-state index in [-0.39, 0.29) is 0 Å². The standard InChI is InChI=1S/C15H18N2O2/c1-3-14(18)12-7-5-11(6-8-12)13-9-16-15(17-10-13)19-4-2/h5-10,14,18H,3-4H2,1-2H3. The molecule has 1 N–H and O–H groups in total. The predicted molar refractivity (Wildman–Crippen MR) is 73.9 cm³/mol. The van der Waals surface area contributed by atoms with Crippen LogP contribution in [0.15, 0.2) is 36.7 Å². The predicted octanol–water partition coefficient (Wildman–Crippen LogP) is 2.99. The smallest absolute Gasteiger partial charge is 0.316 e. The highest BCUT2D eigenvalue weighted by molar-refractivity contribution is 5.61. The van der Waals surface area contributed by atoms with Gasteiger partial charge in [0.15, 0.2) is 0 Å². The number of aromatic nitrogens is 2. The van der Waals surface area contributed by atoms with Crippen LogP contribution in [0.2, 0.25) is 0 Å². The fraction of sp³-hybridized carbons (Fsp3) is 0.333. The molecule has 1 atom stereocenters. The van der Waals surface area contributed by atoms with Crippen LogP contribution >= 0.6 is 0 Å². The van der Waals surface area contributed by atoms with Gasteiger partial charge in [-0.15, -0.1) is 0 Å². The number of aliphatic hydroxyl groups is 1. The molecule has 1 aromatic heterocycles. The van der Waals surface area contributed by atoms with Crippen LogP contribution in [0.4, 0.5) is 0 Å². The monoisotopic (exact) mass is 258 g/mol. The number of benzene rings is 1. The zero-order chi connectivity index (χ0) is 13.7. The average molecular weight is 258 g/mol. The molecule has 2 aromatic rings. The van der Waals surface area contributed by atoms with Gasteiger partial charge in [0, 0.05) is 18.0 Å². The Balaban J connectivity index is 2.17. The van der Waals surface area contributed by atoms with Crippen LogP contribution in [0.25, 0.3) is 11.1 Å². The Morgan fingerprint density at radius 1 is 1.05 bits per heavy atom. The third kappa shape index (κ3) is 3.29. The van der Waals surface area contributed by atoms with Crippen LogP contribution in [0.1, 0.15) is 31.9 Å². The Morgan fingerprint density at radius 2 is 1.68 bits per heavy atom. The number of hydrogen-bond donors (Lipinski definition) is 1. The number of aliphatic hydroxyl groups excluding tert-OH is 1. The third-order valence-corrected chi connectivity index (χ3v) is 2.92. The molecule has 1 heterocycles. The molecule has 2 rings (SSSR count). The molecule has 0 aliphatic heterocycles. The van der Waals surface area contributed by atoms with Gasteiger partial charge in [-0.1, -0.05) is 31.2 Å². The first-order valence-corrected chi connectivity index (χ1v) is 6.47. The van der Waals surface area contributed by atoms with Gasteiger partial charge in [0.25, 0.3) is 0 Å². The fourth-order valence-electron chi connectivity index (χ4n) is 1.80. The molecule has 0 spiro atoms. The van der Waals surface area contributed by atoms with E-state index in [4.69, 9.17) is 4.74 Å². The molecular formula is C15H18N2O2. The normalized spacial score (nSPS) is 12.2. The molecule has 0 aliphatic carbocycles. The first-order chi connectivity index (χ1) is 9.24. The maximum Gasteiger partial charge on any atom is 0.316 e. The highest BCUT2D eigenvalue weighted by Gasteiger charge is 2.05. The fourth-order valence-corrected chi connectivity index (χ4v) is 1.80. The van der Waals surface area contributed by atoms with Crippen molar-refractivity contribution in [1.82, 2.24) is 9.97 Å². The molecule has 0 amide bonds. The van der Waals surface area contributed by atoms with Gasteiger partial charge in [-0.2, -0.15) is 0 Å². The summed E-state index contributed by atoms with van der Waals surface area (Å²) in [6, 6.07) is 8.18. The van der Waals surface area contributed by atoms with E-state index in [1.165, 1.54) is 0 Å². The van der Waals surface area contributed by atoms with Gasteiger partial charge in [0.1, 0.15) is 0 Å². The zero-order valence-electron chi connectivity index (χ0n) is 11.2. The first kappa shape index (κ1) is 13.5. The van der Waals surface area contributed by atoms with Crippen molar-refractivity contribution in [3.63, 3.8) is 0 Å². The molecule has 0 saturated heterocycles. The number of rotatable bonds is 5. The van der Waals surface area contributed by atoms with Crippen molar-refractivity contribution in [2.24, 2.45) is 0 Å². The molecular weight excluding hydrogens is 240 g/mol. The van der Waals surface area contributed by atoms with Gasteiger partial charge in [-0.05, 0) is 24.5 Å². The van der Waals surface area contributed by atoms with Crippen LogP contribution in [-0.4, -0.2) is 21.7 Å². The number of hydrogen-bond acceptors (Lipinski definition) is 4. The lowest BCUT2D eigenvalue weighted by atomic mass is 10.0. The summed E-state index contributed by atoms with van der Waals surface area (Å²) in [5.41, 5.74) is 2.88. The van der Waals surface area contributed by atoms with Crippen molar-refractivity contribution in [2.45, 2.75) is 26.4 Å². The van der Waals surface area contributed by atoms with E-state index < -0.39 is 6.10 Å². The lowest BCUT2D eigenvalue weighted by Gasteiger charge is -2.09. The van der Waals surface area contributed by atoms with Crippen molar-refractivity contribution in [1.29, 1.82) is 0 Å². The molecule has 19 heavy (non-hydrogen) atoms. The molecule has 0 saturated carbocycles. The highest BCUT2D eigenvalue weighted by Crippen LogP contribution is 2.22. The van der Waals surface area contributed by atoms with Crippen molar-refractivity contribution in [3.8, 4) is 17.1 Å². The van der Waals surface area contributed by atoms with Crippen LogP contribution in [0, 0.1) is 0 Å². The van der Waals surface area contributed by atoms with Crippen molar-refractivity contribution in [2.75, 3.05) is 6.61 Å². The highest BCUT2D eigenvalue weighted by atomic mass is 16.5. The largest absolute Gasteiger partial charge is 0.464 e. The van der Waals surface area contributed by atoms with E-state index >= 15 is 0 Å². The average Bonchev–Trinajstić information content (AvgIpc) is 2.48. The van der Waals surface area contributed by atoms with Crippen LogP contribution in [-0.2, 0) is 0 Å². The Bertz CT molecular complexity index is 509. The van der Waals surface area contributed by atoms with E-state index in [0.29, 0.717) is 19.0 Å². The van der Waals surface area contributed by atoms with Gasteiger partial charge in [-0.3, -0.25) is 0 Å². The van der Waals surface area contributed by atoms with Crippen LogP contribution in [0.3, 0.4) is 0 Å². The minimum atomic E-state index is -0.398. The lowest BCUT2D eigenvalue weighted by molar-refractivity contribution is 0.173. The van der Waals surface area contributed by atoms with E-state index in [0.717, 1.165) is 16.7 Å². The van der Waals surface area contributed by atoms with E-state index in [9.17, 15) is 5.11 Å². The summed E-state index contributed by atoms with van der Waals surface area (Å²) in [4.78, 5) is 8.27. The van der Waals surface area contributed by atoms with Crippen LogP contribution in [0.5, 0.6) is 6.01 Å². The van der Waals surface area contributed by atoms with Crippen molar-refractivity contribution < 1.29 is 9.84 Å². The second-order valence-corrected chi connectivity index (χ2v) is 4.23. The van der Waals surface area contributed by atoms with Crippen molar-refractivity contribution >= 4 is 0 Å². The summed E-state index contributed by atoms with van der Waals surface area (Å²) < 4.78 is 5.21. The summed E-state index contributed by atoms with van der Waals surface area (Å²) in [7, 11) is 0. The third-order valence-electron chi connectivity index (χ3n) is 2.92. The SMILES string of the molecule is CCOc1ncc(-c2ccc(C(O)CC)cc2)cn1. The number of ether oxygens (including phenoxy) is 1. The topological polar surface area (TPSA) is 55.2 Å². The summed E-state index contributed by atoms with van der Waals surface area (Å²) in [5, 5.41) is 9.74. The van der Waals surface area contributed by atoms with Gasteiger partial charge in [0.2, 0.25) is 0 Å². The molecule has 0 aliphatic rings. The summed E-state index contributed by atoms with van der Waals surface area (Å²) in [5.74, 6) is 0. The lowest BCUT2D eigenvalue weighted by Crippen LogP contribution is -1.97. The Morgan fingerprint density at radius 3 is 2.21 bits per heavy atom. The second-order valence-electron chi connectivity index (χ2n) is 4.23. The molecule has 1 unspecified atom stereocenters. The van der Waals surface area contributed by atoms with E-state index in [1.54, 1.807) is 12.4 Å². The summed E-state index contributed by atoms with van der Waals surface area (Å²) in [6.45, 7) is 4.41. The Kier molecular flexibility index (Phi) is 4.47. The Hall–Kier alpha value is -1.94. The molecule has 100 valence electrons. The quantitative estimate of drug-likeness (QED) is 0.895. The first-order valence-electron chi connectivity index (χ1n) is 6.47. The molecule has 0 bridgehead atoms. The van der Waals surface area contributed by atoms with Gasteiger partial charge >= 0.3 is 6.01 Å². The van der Waals surface area contributed by atoms with Gasteiger partial charge < -0.3 is 9.84 Å². The van der Waals surface area contributed by atoms with Gasteiger partial charge in [-0.25, -0.2) is 9.97 Å². The second kappa shape index (κ2) is 6.29. The zero-order valence-corrected chi connectivity index (χ0v) is 11.2. The maximum absolute atomic E-state index is 9.74. The van der Waals surface area contributed by atoms with Gasteiger partial charge in [0.05, 0.1) is 12.7 Å². The molecule has 4 nitrogen and oxygen atoms in total. The van der Waals surface area contributed by atoms with Crippen LogP contribution < -0.4 is 4.74 Å². The minimum absolute atomic E-state index is 0.393. The van der Waals surface area contributed by atoms with Crippen molar-refractivity contribution in [3.05, 3.63) is 42.2 Å². The molecule has 0 radical (unpaired) electrons. The maximum atomic E-state index is 9.74. The molecule has 0 fully saturated rings. The molecule has 1 aromatic carbocycles. The minimum Gasteiger partial charge on any atom is -0.464 e.